The number of amides is 1. The van der Waals surface area contributed by atoms with Crippen LogP contribution in [0.2, 0.25) is 18.1 Å². The maximum atomic E-state index is 13.4. The predicted molar refractivity (Wildman–Crippen MR) is 170 cm³/mol. The number of nitro groups is 1. The molecule has 10 nitrogen and oxygen atoms in total. The van der Waals surface area contributed by atoms with Gasteiger partial charge in [0, 0.05) is 27.5 Å². The predicted octanol–water partition coefficient (Wildman–Crippen LogP) is 6.15. The Balaban J connectivity index is 1.79. The summed E-state index contributed by atoms with van der Waals surface area (Å²) in [5.74, 6) is -2.14. The molecule has 234 valence electrons. The first-order valence-electron chi connectivity index (χ1n) is 13.6. The van der Waals surface area contributed by atoms with Crippen molar-refractivity contribution in [2.75, 3.05) is 6.54 Å². The summed E-state index contributed by atoms with van der Waals surface area (Å²) in [6, 6.07) is 9.54. The minimum Gasteiger partial charge on any atom is -0.459 e. The van der Waals surface area contributed by atoms with Crippen LogP contribution in [0.5, 0.6) is 0 Å². The first kappa shape index (κ1) is 34.8. The molecule has 1 amide bonds. The van der Waals surface area contributed by atoms with Crippen LogP contribution in [-0.4, -0.2) is 57.1 Å². The highest BCUT2D eigenvalue weighted by Crippen LogP contribution is 2.42. The van der Waals surface area contributed by atoms with E-state index >= 15 is 0 Å². The second kappa shape index (κ2) is 13.5. The number of benzene rings is 2. The van der Waals surface area contributed by atoms with E-state index in [1.807, 2.05) is 29.5 Å². The molecule has 1 aliphatic rings. The highest BCUT2D eigenvalue weighted by Gasteiger charge is 2.53. The zero-order valence-corrected chi connectivity index (χ0v) is 28.8. The molecule has 43 heavy (non-hydrogen) atoms. The van der Waals surface area contributed by atoms with Crippen molar-refractivity contribution in [2.24, 2.45) is 5.92 Å². The van der Waals surface area contributed by atoms with E-state index in [-0.39, 0.29) is 41.1 Å². The van der Waals surface area contributed by atoms with E-state index < -0.39 is 52.9 Å². The second-order valence-electron chi connectivity index (χ2n) is 12.0. The third-order valence-electron chi connectivity index (χ3n) is 7.85. The van der Waals surface area contributed by atoms with Gasteiger partial charge in [-0.3, -0.25) is 19.7 Å². The number of nitrogens with zero attached hydrogens (tertiary/aromatic N) is 2. The largest absolute Gasteiger partial charge is 0.459 e. The van der Waals surface area contributed by atoms with Crippen LogP contribution >= 0.6 is 22.6 Å². The van der Waals surface area contributed by atoms with Crippen LogP contribution < -0.4 is 0 Å². The zero-order valence-electron chi connectivity index (χ0n) is 24.9. The summed E-state index contributed by atoms with van der Waals surface area (Å²) in [5.41, 5.74) is 0.455. The van der Waals surface area contributed by atoms with E-state index in [1.54, 1.807) is 0 Å². The van der Waals surface area contributed by atoms with E-state index in [1.165, 1.54) is 41.3 Å². The van der Waals surface area contributed by atoms with E-state index in [4.69, 9.17) is 9.16 Å². The molecule has 2 aromatic rings. The number of ether oxygens (including phenoxy) is 1. The van der Waals surface area contributed by atoms with Crippen LogP contribution in [0.15, 0.2) is 62.4 Å². The van der Waals surface area contributed by atoms with Gasteiger partial charge < -0.3 is 14.1 Å². The number of hydrogen-bond donors (Lipinski definition) is 0. The van der Waals surface area contributed by atoms with Crippen molar-refractivity contribution in [2.45, 2.75) is 75.9 Å². The van der Waals surface area contributed by atoms with Crippen molar-refractivity contribution in [1.29, 1.82) is 0 Å². The number of non-ortho nitro benzene ring substituents is 1. The number of nitro benzene ring substituents is 1. The first-order chi connectivity index (χ1) is 19.8. The van der Waals surface area contributed by atoms with Crippen molar-refractivity contribution < 1.29 is 36.5 Å². The minimum atomic E-state index is -3.89. The van der Waals surface area contributed by atoms with E-state index in [0.29, 0.717) is 9.14 Å². The number of hydrogen-bond acceptors (Lipinski definition) is 8. The molecule has 0 radical (unpaired) electrons. The molecule has 0 aromatic heterocycles. The molecule has 0 aliphatic carbocycles. The smallest absolute Gasteiger partial charge is 0.325 e. The molecule has 3 rings (SSSR count). The molecular formula is C29H36FIN2O8SSi. The van der Waals surface area contributed by atoms with E-state index in [0.717, 1.165) is 17.5 Å². The number of carbonyl (C=O) groups is 2. The van der Waals surface area contributed by atoms with Crippen molar-refractivity contribution >= 4 is 58.3 Å². The minimum absolute atomic E-state index is 0.0643. The van der Waals surface area contributed by atoms with Crippen molar-refractivity contribution in [1.82, 2.24) is 4.90 Å². The van der Waals surface area contributed by atoms with Gasteiger partial charge in [-0.15, -0.1) is 0 Å². The quantitative estimate of drug-likeness (QED) is 0.0481. The number of halogens is 2. The highest BCUT2D eigenvalue weighted by atomic mass is 127. The summed E-state index contributed by atoms with van der Waals surface area (Å²) >= 11 is 1.90. The Kier molecular flexibility index (Phi) is 10.9. The molecule has 3 atom stereocenters. The lowest BCUT2D eigenvalue weighted by Gasteiger charge is -2.51. The monoisotopic (exact) mass is 746 g/mol. The fourth-order valence-corrected chi connectivity index (χ4v) is 8.43. The SMILES string of the molecule is C[C@@H](O[Si](C)(C)C(C)(C)C)[C@H]1C(=O)N(CC(=O)OCc2ccc([N+](=O)[O-])cc2)[C@@H]1C/C(I)=C\S(=O)(=O)c1ccc(F)cc1. The molecule has 1 fully saturated rings. The summed E-state index contributed by atoms with van der Waals surface area (Å²) in [6.07, 6.45) is -0.332. The van der Waals surface area contributed by atoms with Gasteiger partial charge in [-0.2, -0.15) is 0 Å². The van der Waals surface area contributed by atoms with Gasteiger partial charge in [-0.05, 0) is 89.6 Å². The lowest BCUT2D eigenvalue weighted by atomic mass is 9.81. The molecule has 0 spiro atoms. The van der Waals surface area contributed by atoms with Gasteiger partial charge in [0.2, 0.25) is 15.7 Å². The number of sulfone groups is 1. The standard InChI is InChI=1S/C29H36FIN2O8SSi/c1-19(41-43(5,6)29(2,3)4)27-25(15-22(31)18-42(38,39)24-13-9-21(30)10-14-24)32(28(27)35)16-26(34)40-17-20-7-11-23(12-8-20)33(36)37/h7-14,18-19,25,27H,15-17H2,1-6H3/b22-18+/t19-,25-,27-/m1/s1. The van der Waals surface area contributed by atoms with Gasteiger partial charge in [-0.25, -0.2) is 12.8 Å². The molecule has 2 aromatic carbocycles. The van der Waals surface area contributed by atoms with E-state index in [2.05, 4.69) is 33.9 Å². The highest BCUT2D eigenvalue weighted by molar-refractivity contribution is 14.1. The average molecular weight is 747 g/mol. The summed E-state index contributed by atoms with van der Waals surface area (Å²) in [6.45, 7) is 11.8. The molecule has 1 heterocycles. The number of β-lactam (4-membered cyclic amide) rings is 1. The van der Waals surface area contributed by atoms with Crippen LogP contribution in [0, 0.1) is 21.8 Å². The van der Waals surface area contributed by atoms with Gasteiger partial charge in [0.05, 0.1) is 27.9 Å². The summed E-state index contributed by atoms with van der Waals surface area (Å²) < 4.78 is 51.5. The number of rotatable bonds is 12. The maximum Gasteiger partial charge on any atom is 0.325 e. The summed E-state index contributed by atoms with van der Waals surface area (Å²) in [7, 11) is -6.15. The summed E-state index contributed by atoms with van der Waals surface area (Å²) in [4.78, 5) is 37.8. The van der Waals surface area contributed by atoms with Gasteiger partial charge in [0.1, 0.15) is 19.0 Å². The number of esters is 1. The van der Waals surface area contributed by atoms with Crippen LogP contribution in [0.25, 0.3) is 0 Å². The van der Waals surface area contributed by atoms with Gasteiger partial charge >= 0.3 is 5.97 Å². The molecule has 0 bridgehead atoms. The van der Waals surface area contributed by atoms with Gasteiger partial charge in [0.15, 0.2) is 8.32 Å². The Labute approximate surface area is 266 Å². The Morgan fingerprint density at radius 3 is 2.28 bits per heavy atom. The Bertz CT molecular complexity index is 1490. The Morgan fingerprint density at radius 2 is 1.74 bits per heavy atom. The summed E-state index contributed by atoms with van der Waals surface area (Å²) in [5, 5.41) is 11.8. The number of carbonyl (C=O) groups excluding carboxylic acids is 2. The second-order valence-corrected chi connectivity index (χ2v) is 19.9. The zero-order chi connectivity index (χ0) is 32.3. The third-order valence-corrected chi connectivity index (χ3v) is 15.1. The van der Waals surface area contributed by atoms with Gasteiger partial charge in [-0.1, -0.05) is 20.8 Å². The normalized spacial score (nSPS) is 18.7. The van der Waals surface area contributed by atoms with Crippen LogP contribution in [0.3, 0.4) is 0 Å². The Hall–Kier alpha value is -2.69. The van der Waals surface area contributed by atoms with Crippen LogP contribution in [0.4, 0.5) is 10.1 Å². The fourth-order valence-electron chi connectivity index (χ4n) is 4.46. The average Bonchev–Trinajstić information content (AvgIpc) is 2.89. The van der Waals surface area contributed by atoms with E-state index in [9.17, 15) is 32.5 Å². The lowest BCUT2D eigenvalue weighted by molar-refractivity contribution is -0.384. The third kappa shape index (κ3) is 8.70. The van der Waals surface area contributed by atoms with Crippen molar-refractivity contribution in [3.05, 3.63) is 79.0 Å². The lowest BCUT2D eigenvalue weighted by Crippen LogP contribution is -2.66. The van der Waals surface area contributed by atoms with Crippen LogP contribution in [0.1, 0.15) is 39.7 Å². The van der Waals surface area contributed by atoms with Crippen molar-refractivity contribution in [3.8, 4) is 0 Å². The number of likely N-dealkylation sites (tertiary alicyclic amines) is 1. The molecule has 0 unspecified atom stereocenters. The Morgan fingerprint density at radius 1 is 1.16 bits per heavy atom. The topological polar surface area (TPSA) is 133 Å². The molecular weight excluding hydrogens is 710 g/mol. The molecule has 14 heteroatoms. The molecule has 0 saturated carbocycles. The maximum absolute atomic E-state index is 13.4. The first-order valence-corrected chi connectivity index (χ1v) is 19.1. The van der Waals surface area contributed by atoms with Crippen molar-refractivity contribution in [3.63, 3.8) is 0 Å². The molecule has 0 N–H and O–H groups in total. The molecule has 1 saturated heterocycles. The van der Waals surface area contributed by atoms with Gasteiger partial charge in [0.25, 0.3) is 5.69 Å². The van der Waals surface area contributed by atoms with Crippen LogP contribution in [-0.2, 0) is 35.2 Å². The molecule has 1 aliphatic heterocycles. The fraction of sp³-hybridized carbons (Fsp3) is 0.448.